The molecule has 4 nitrogen and oxygen atoms in total. The lowest BCUT2D eigenvalue weighted by atomic mass is 10.1. The molecule has 0 radical (unpaired) electrons. The van der Waals surface area contributed by atoms with Gasteiger partial charge in [-0.1, -0.05) is 39.7 Å². The zero-order valence-corrected chi connectivity index (χ0v) is 16.5. The smallest absolute Gasteiger partial charge is 0.206 e. The van der Waals surface area contributed by atoms with Crippen molar-refractivity contribution in [3.63, 3.8) is 0 Å². The van der Waals surface area contributed by atoms with Crippen LogP contribution in [0.3, 0.4) is 0 Å². The van der Waals surface area contributed by atoms with E-state index in [0.717, 1.165) is 6.26 Å². The molecule has 0 bridgehead atoms. The summed E-state index contributed by atoms with van der Waals surface area (Å²) in [5.41, 5.74) is 5.18. The van der Waals surface area contributed by atoms with Crippen LogP contribution in [0.25, 0.3) is 0 Å². The summed E-state index contributed by atoms with van der Waals surface area (Å²) in [4.78, 5) is 0. The number of hydrogen-bond acceptors (Lipinski definition) is 3. The minimum Gasteiger partial charge on any atom is -0.508 e. The van der Waals surface area contributed by atoms with Gasteiger partial charge in [-0.2, -0.15) is 0 Å². The van der Waals surface area contributed by atoms with Gasteiger partial charge in [-0.3, -0.25) is 0 Å². The first kappa shape index (κ1) is 21.6. The summed E-state index contributed by atoms with van der Waals surface area (Å²) < 4.78 is 20.0. The molecular formula is C17H24BrNO3S. The van der Waals surface area contributed by atoms with Crippen LogP contribution in [0.15, 0.2) is 40.9 Å². The fourth-order valence-electron chi connectivity index (χ4n) is 1.53. The van der Waals surface area contributed by atoms with E-state index in [1.807, 2.05) is 19.1 Å². The molecule has 23 heavy (non-hydrogen) atoms. The number of nitrogens with two attached hydrogens (primary N) is 1. The quantitative estimate of drug-likeness (QED) is 0.700. The molecule has 2 rings (SSSR count). The maximum Gasteiger partial charge on any atom is 0.206 e. The van der Waals surface area contributed by atoms with Gasteiger partial charge in [0.25, 0.3) is 0 Å². The summed E-state index contributed by atoms with van der Waals surface area (Å²) in [6.45, 7) is 8.35. The van der Waals surface area contributed by atoms with E-state index in [-0.39, 0.29) is 0 Å². The Morgan fingerprint density at radius 2 is 1.39 bits per heavy atom. The molecule has 0 unspecified atom stereocenters. The van der Waals surface area contributed by atoms with Crippen molar-refractivity contribution < 1.29 is 13.5 Å². The standard InChI is InChI=1S/C9H11Br.C7H8O.CH5NO2S/c1-6-4-7(2)8(3)9(10)5-6;1-6-2-4-7(8)5-3-6;1-5(2,3)4/h4-5H,1-3H3;2-5,8H,1H3;1H3,(H2,2,3,4). The Morgan fingerprint density at radius 3 is 1.74 bits per heavy atom. The van der Waals surface area contributed by atoms with Crippen molar-refractivity contribution in [3.05, 3.63) is 63.1 Å². The minimum atomic E-state index is -3.17. The fourth-order valence-corrected chi connectivity index (χ4v) is 2.21. The van der Waals surface area contributed by atoms with Crippen LogP contribution >= 0.6 is 15.9 Å². The highest BCUT2D eigenvalue weighted by molar-refractivity contribution is 9.10. The first-order valence-electron chi connectivity index (χ1n) is 6.87. The number of aryl methyl sites for hydroxylation is 3. The van der Waals surface area contributed by atoms with Gasteiger partial charge in [0.05, 0.1) is 6.26 Å². The highest BCUT2D eigenvalue weighted by atomic mass is 79.9. The van der Waals surface area contributed by atoms with E-state index in [1.165, 1.54) is 26.7 Å². The number of primary sulfonamides is 1. The lowest BCUT2D eigenvalue weighted by Crippen LogP contribution is -2.07. The van der Waals surface area contributed by atoms with Crippen LogP contribution in [0.4, 0.5) is 0 Å². The molecule has 0 aromatic heterocycles. The summed E-state index contributed by atoms with van der Waals surface area (Å²) in [5, 5.41) is 13.1. The lowest BCUT2D eigenvalue weighted by molar-refractivity contribution is 0.475. The largest absolute Gasteiger partial charge is 0.508 e. The molecule has 128 valence electrons. The molecule has 0 amide bonds. The topological polar surface area (TPSA) is 80.4 Å². The average molecular weight is 402 g/mol. The number of phenols is 1. The van der Waals surface area contributed by atoms with Gasteiger partial charge in [-0.05, 0) is 62.6 Å². The van der Waals surface area contributed by atoms with Gasteiger partial charge in [0.15, 0.2) is 0 Å². The van der Waals surface area contributed by atoms with Crippen LogP contribution in [-0.2, 0) is 10.0 Å². The second-order valence-electron chi connectivity index (χ2n) is 5.35. The summed E-state index contributed by atoms with van der Waals surface area (Å²) in [6, 6.07) is 11.4. The predicted octanol–water partition coefficient (Wildman–Crippen LogP) is 3.98. The molecule has 0 saturated heterocycles. The van der Waals surface area contributed by atoms with Crippen LogP contribution in [0.1, 0.15) is 22.3 Å². The molecular weight excluding hydrogens is 378 g/mol. The Hall–Kier alpha value is -1.37. The van der Waals surface area contributed by atoms with E-state index in [1.54, 1.807) is 12.1 Å². The van der Waals surface area contributed by atoms with Crippen LogP contribution in [0.2, 0.25) is 0 Å². The number of halogens is 1. The zero-order valence-electron chi connectivity index (χ0n) is 14.1. The molecule has 0 fully saturated rings. The van der Waals surface area contributed by atoms with Gasteiger partial charge in [-0.25, -0.2) is 13.6 Å². The molecule has 0 atom stereocenters. The molecule has 6 heteroatoms. The maximum absolute atomic E-state index is 9.41. The maximum atomic E-state index is 9.41. The van der Waals surface area contributed by atoms with Crippen LogP contribution in [0, 0.1) is 27.7 Å². The Bertz CT molecular complexity index is 674. The number of benzene rings is 2. The van der Waals surface area contributed by atoms with Crippen LogP contribution in [-0.4, -0.2) is 19.8 Å². The number of sulfonamides is 1. The van der Waals surface area contributed by atoms with Crippen molar-refractivity contribution in [3.8, 4) is 5.75 Å². The third-order valence-corrected chi connectivity index (χ3v) is 3.61. The molecule has 0 aliphatic rings. The van der Waals surface area contributed by atoms with Gasteiger partial charge >= 0.3 is 0 Å². The Balaban J connectivity index is 0.000000335. The monoisotopic (exact) mass is 401 g/mol. The Morgan fingerprint density at radius 1 is 0.957 bits per heavy atom. The molecule has 0 aliphatic heterocycles. The SMILES string of the molecule is CS(N)(=O)=O.Cc1cc(C)c(C)c(Br)c1.Cc1ccc(O)cc1. The van der Waals surface area contributed by atoms with Crippen molar-refractivity contribution in [2.45, 2.75) is 27.7 Å². The van der Waals surface area contributed by atoms with Crippen molar-refractivity contribution in [1.82, 2.24) is 0 Å². The van der Waals surface area contributed by atoms with Gasteiger partial charge in [-0.15, -0.1) is 0 Å². The van der Waals surface area contributed by atoms with E-state index in [9.17, 15) is 8.42 Å². The highest BCUT2D eigenvalue weighted by Gasteiger charge is 1.97. The molecule has 2 aromatic carbocycles. The Labute approximate surface area is 147 Å². The minimum absolute atomic E-state index is 0.329. The average Bonchev–Trinajstić information content (AvgIpc) is 2.38. The van der Waals surface area contributed by atoms with E-state index >= 15 is 0 Å². The number of rotatable bonds is 0. The molecule has 0 heterocycles. The zero-order chi connectivity index (χ0) is 18.2. The van der Waals surface area contributed by atoms with Crippen LogP contribution in [0.5, 0.6) is 5.75 Å². The van der Waals surface area contributed by atoms with E-state index in [4.69, 9.17) is 5.11 Å². The van der Waals surface area contributed by atoms with Crippen molar-refractivity contribution >= 4 is 26.0 Å². The fraction of sp³-hybridized carbons (Fsp3) is 0.294. The molecule has 0 spiro atoms. The van der Waals surface area contributed by atoms with Gasteiger partial charge in [0, 0.05) is 4.47 Å². The van der Waals surface area contributed by atoms with Crippen LogP contribution < -0.4 is 5.14 Å². The van der Waals surface area contributed by atoms with E-state index in [2.05, 4.69) is 54.0 Å². The second-order valence-corrected chi connectivity index (χ2v) is 7.87. The first-order chi connectivity index (χ1) is 10.4. The molecule has 3 N–H and O–H groups in total. The summed E-state index contributed by atoms with van der Waals surface area (Å²) in [7, 11) is -3.17. The lowest BCUT2D eigenvalue weighted by Gasteiger charge is -2.03. The summed E-state index contributed by atoms with van der Waals surface area (Å²) in [6.07, 6.45) is 0.938. The Kier molecular flexibility index (Phi) is 9.12. The van der Waals surface area contributed by atoms with E-state index < -0.39 is 10.0 Å². The van der Waals surface area contributed by atoms with Gasteiger partial charge in [0.2, 0.25) is 10.0 Å². The van der Waals surface area contributed by atoms with Gasteiger partial charge < -0.3 is 5.11 Å². The normalized spacial score (nSPS) is 10.0. The molecule has 2 aromatic rings. The number of phenolic OH excluding ortho intramolecular Hbond substituents is 1. The van der Waals surface area contributed by atoms with Crippen molar-refractivity contribution in [1.29, 1.82) is 0 Å². The third-order valence-electron chi connectivity index (χ3n) is 2.78. The third kappa shape index (κ3) is 11.8. The number of hydrogen-bond donors (Lipinski definition) is 2. The summed E-state index contributed by atoms with van der Waals surface area (Å²) in [5.74, 6) is 0.329. The molecule has 0 aliphatic carbocycles. The van der Waals surface area contributed by atoms with E-state index in [0.29, 0.717) is 5.75 Å². The summed E-state index contributed by atoms with van der Waals surface area (Å²) >= 11 is 3.50. The predicted molar refractivity (Wildman–Crippen MR) is 100 cm³/mol. The van der Waals surface area contributed by atoms with Crippen molar-refractivity contribution in [2.75, 3.05) is 6.26 Å². The number of aromatic hydroxyl groups is 1. The molecule has 0 saturated carbocycles. The van der Waals surface area contributed by atoms with Crippen molar-refractivity contribution in [2.24, 2.45) is 5.14 Å². The highest BCUT2D eigenvalue weighted by Crippen LogP contribution is 2.20. The first-order valence-corrected chi connectivity index (χ1v) is 9.61. The second kappa shape index (κ2) is 9.70. The van der Waals surface area contributed by atoms with Gasteiger partial charge in [0.1, 0.15) is 5.75 Å².